The zero-order valence-electron chi connectivity index (χ0n) is 26.5. The van der Waals surface area contributed by atoms with Crippen LogP contribution < -0.4 is 19.8 Å². The minimum atomic E-state index is -0.648. The number of aromatic nitrogens is 2. The Balaban J connectivity index is 1.12. The van der Waals surface area contributed by atoms with Crippen molar-refractivity contribution in [3.8, 4) is 23.0 Å². The van der Waals surface area contributed by atoms with Crippen LogP contribution in [0.4, 0.5) is 4.39 Å². The number of carbonyl (C=O) groups excluding carboxylic acids is 1. The highest BCUT2D eigenvalue weighted by Crippen LogP contribution is 2.37. The Morgan fingerprint density at radius 2 is 1.75 bits per heavy atom. The second-order valence-corrected chi connectivity index (χ2v) is 11.9. The van der Waals surface area contributed by atoms with E-state index in [1.54, 1.807) is 62.0 Å². The number of methoxy groups -OCH3 is 1. The summed E-state index contributed by atoms with van der Waals surface area (Å²) in [4.78, 5) is 33.0. The molecule has 0 spiro atoms. The van der Waals surface area contributed by atoms with Crippen LogP contribution in [0.1, 0.15) is 27.9 Å². The smallest absolute Gasteiger partial charge is 0.261 e. The van der Waals surface area contributed by atoms with Gasteiger partial charge in [0.2, 0.25) is 0 Å². The van der Waals surface area contributed by atoms with Crippen molar-refractivity contribution in [1.29, 1.82) is 0 Å². The monoisotopic (exact) mass is 671 g/mol. The van der Waals surface area contributed by atoms with E-state index in [-0.39, 0.29) is 24.3 Å². The summed E-state index contributed by atoms with van der Waals surface area (Å²) < 4.78 is 39.8. The molecule has 6 rings (SSSR count). The third-order valence-corrected chi connectivity index (χ3v) is 8.39. The van der Waals surface area contributed by atoms with Crippen LogP contribution in [-0.2, 0) is 17.7 Å². The first-order chi connectivity index (χ1) is 23.4. The van der Waals surface area contributed by atoms with Crippen molar-refractivity contribution in [3.63, 3.8) is 0 Å². The molecular formula is C37H35ClFN3O6. The summed E-state index contributed by atoms with van der Waals surface area (Å²) >= 11 is 5.96. The van der Waals surface area contributed by atoms with Gasteiger partial charge >= 0.3 is 0 Å². The van der Waals surface area contributed by atoms with Crippen molar-refractivity contribution >= 4 is 28.3 Å². The summed E-state index contributed by atoms with van der Waals surface area (Å²) in [5.74, 6) is 0.369. The molecule has 2 aromatic heterocycles. The SMILES string of the molecule is COc1cc2c(Oc3ccc(CC(=O)c4cccn(Cc5ccc(Cl)cc5)c4=O)cc3F)ccnc2cc1OCCCN1CCOCC1. The number of hydrogen-bond donors (Lipinski definition) is 0. The molecule has 3 heterocycles. The maximum atomic E-state index is 15.3. The molecule has 1 aliphatic heterocycles. The van der Waals surface area contributed by atoms with Crippen LogP contribution in [-0.4, -0.2) is 66.8 Å². The Bertz CT molecular complexity index is 1960. The fraction of sp³-hybridized carbons (Fsp3) is 0.270. The van der Waals surface area contributed by atoms with Gasteiger partial charge in [0, 0.05) is 54.9 Å². The van der Waals surface area contributed by atoms with Gasteiger partial charge in [-0.25, -0.2) is 4.39 Å². The third-order valence-electron chi connectivity index (χ3n) is 8.13. The topological polar surface area (TPSA) is 92.1 Å². The van der Waals surface area contributed by atoms with Gasteiger partial charge in [-0.3, -0.25) is 19.5 Å². The van der Waals surface area contributed by atoms with Gasteiger partial charge in [0.25, 0.3) is 5.56 Å². The van der Waals surface area contributed by atoms with Crippen LogP contribution in [0.2, 0.25) is 5.02 Å². The number of Topliss-reactive ketones (excluding diaryl/α,β-unsaturated/α-hetero) is 1. The number of fused-ring (bicyclic) bond motifs is 1. The average molecular weight is 672 g/mol. The van der Waals surface area contributed by atoms with Crippen molar-refractivity contribution in [2.45, 2.75) is 19.4 Å². The highest BCUT2D eigenvalue weighted by molar-refractivity contribution is 6.30. The van der Waals surface area contributed by atoms with Crippen molar-refractivity contribution in [1.82, 2.24) is 14.5 Å². The van der Waals surface area contributed by atoms with Gasteiger partial charge in [-0.15, -0.1) is 0 Å². The van der Waals surface area contributed by atoms with E-state index < -0.39 is 17.2 Å². The van der Waals surface area contributed by atoms with E-state index >= 15 is 4.39 Å². The molecule has 0 amide bonds. The van der Waals surface area contributed by atoms with Crippen LogP contribution in [0.25, 0.3) is 10.9 Å². The predicted octanol–water partition coefficient (Wildman–Crippen LogP) is 6.56. The molecule has 48 heavy (non-hydrogen) atoms. The number of carbonyl (C=O) groups is 1. The molecule has 0 saturated carbocycles. The van der Waals surface area contributed by atoms with Crippen LogP contribution >= 0.6 is 11.6 Å². The molecule has 1 saturated heterocycles. The number of nitrogens with zero attached hydrogens (tertiary/aromatic N) is 3. The first kappa shape index (κ1) is 33.1. The first-order valence-electron chi connectivity index (χ1n) is 15.7. The van der Waals surface area contributed by atoms with Crippen LogP contribution in [0, 0.1) is 5.82 Å². The number of morpholine rings is 1. The lowest BCUT2D eigenvalue weighted by atomic mass is 10.0. The summed E-state index contributed by atoms with van der Waals surface area (Å²) in [5, 5.41) is 1.21. The molecule has 5 aromatic rings. The summed E-state index contributed by atoms with van der Waals surface area (Å²) in [6.07, 6.45) is 3.91. The van der Waals surface area contributed by atoms with Crippen molar-refractivity contribution < 1.29 is 28.1 Å². The zero-order valence-corrected chi connectivity index (χ0v) is 27.2. The van der Waals surface area contributed by atoms with E-state index in [0.29, 0.717) is 45.3 Å². The normalized spacial score (nSPS) is 13.4. The quantitative estimate of drug-likeness (QED) is 0.103. The largest absolute Gasteiger partial charge is 0.493 e. The Morgan fingerprint density at radius 3 is 2.52 bits per heavy atom. The van der Waals surface area contributed by atoms with E-state index in [0.717, 1.165) is 44.8 Å². The zero-order chi connectivity index (χ0) is 33.5. The summed E-state index contributed by atoms with van der Waals surface area (Å²) in [6, 6.07) is 19.8. The lowest BCUT2D eigenvalue weighted by molar-refractivity contribution is 0.0357. The number of benzene rings is 3. The molecule has 248 valence electrons. The molecule has 1 aliphatic rings. The summed E-state index contributed by atoms with van der Waals surface area (Å²) in [5.41, 5.74) is 1.50. The van der Waals surface area contributed by atoms with Crippen LogP contribution in [0.3, 0.4) is 0 Å². The predicted molar refractivity (Wildman–Crippen MR) is 181 cm³/mol. The molecule has 0 N–H and O–H groups in total. The maximum Gasteiger partial charge on any atom is 0.261 e. The van der Waals surface area contributed by atoms with Crippen molar-refractivity contribution in [3.05, 3.63) is 123 Å². The Kier molecular flexibility index (Phi) is 10.6. The van der Waals surface area contributed by atoms with Crippen molar-refractivity contribution in [2.75, 3.05) is 46.6 Å². The van der Waals surface area contributed by atoms with E-state index in [1.807, 2.05) is 12.1 Å². The average Bonchev–Trinajstić information content (AvgIpc) is 3.10. The Hall–Kier alpha value is -4.77. The molecule has 0 atom stereocenters. The maximum absolute atomic E-state index is 15.3. The number of halogens is 2. The van der Waals surface area contributed by atoms with E-state index in [1.165, 1.54) is 22.8 Å². The second-order valence-electron chi connectivity index (χ2n) is 11.4. The molecule has 3 aromatic carbocycles. The molecule has 0 aliphatic carbocycles. The molecule has 11 heteroatoms. The van der Waals surface area contributed by atoms with Crippen molar-refractivity contribution in [2.24, 2.45) is 0 Å². The number of pyridine rings is 2. The highest BCUT2D eigenvalue weighted by atomic mass is 35.5. The minimum Gasteiger partial charge on any atom is -0.493 e. The van der Waals surface area contributed by atoms with E-state index in [9.17, 15) is 9.59 Å². The summed E-state index contributed by atoms with van der Waals surface area (Å²) in [6.45, 7) is 5.09. The van der Waals surface area contributed by atoms with Gasteiger partial charge in [0.15, 0.2) is 28.8 Å². The molecule has 1 fully saturated rings. The second kappa shape index (κ2) is 15.4. The fourth-order valence-corrected chi connectivity index (χ4v) is 5.71. The van der Waals surface area contributed by atoms with Crippen LogP contribution in [0.5, 0.6) is 23.0 Å². The van der Waals surface area contributed by atoms with Gasteiger partial charge in [0.05, 0.1) is 44.6 Å². The van der Waals surface area contributed by atoms with E-state index in [4.69, 9.17) is 30.5 Å². The number of ketones is 1. The molecule has 0 bridgehead atoms. The van der Waals surface area contributed by atoms with Gasteiger partial charge < -0.3 is 23.5 Å². The lowest BCUT2D eigenvalue weighted by Gasteiger charge is -2.26. The molecule has 0 unspecified atom stereocenters. The van der Waals surface area contributed by atoms with Gasteiger partial charge in [-0.05, 0) is 66.1 Å². The van der Waals surface area contributed by atoms with E-state index in [2.05, 4.69) is 9.88 Å². The Morgan fingerprint density at radius 1 is 0.958 bits per heavy atom. The summed E-state index contributed by atoms with van der Waals surface area (Å²) in [7, 11) is 1.56. The van der Waals surface area contributed by atoms with Crippen LogP contribution in [0.15, 0.2) is 90.0 Å². The Labute approximate surface area is 282 Å². The first-order valence-corrected chi connectivity index (χ1v) is 16.1. The number of hydrogen-bond acceptors (Lipinski definition) is 8. The standard InChI is InChI=1S/C37H35ClFN3O6/c1-45-35-22-29-31(23-36(35)47-17-3-13-41-15-18-46-19-16-41)40-12-11-33(29)48-34-10-7-26(20-30(34)39)21-32(43)28-4-2-14-42(37(28)44)24-25-5-8-27(38)9-6-25/h2,4-12,14,20,22-23H,3,13,15-19,21,24H2,1H3. The lowest BCUT2D eigenvalue weighted by Crippen LogP contribution is -2.37. The number of rotatable bonds is 13. The molecule has 0 radical (unpaired) electrons. The fourth-order valence-electron chi connectivity index (χ4n) is 5.58. The molecule has 9 nitrogen and oxygen atoms in total. The minimum absolute atomic E-state index is 0.0221. The number of ether oxygens (including phenoxy) is 4. The van der Waals surface area contributed by atoms with Gasteiger partial charge in [-0.1, -0.05) is 29.8 Å². The van der Waals surface area contributed by atoms with Gasteiger partial charge in [-0.2, -0.15) is 0 Å². The highest BCUT2D eigenvalue weighted by Gasteiger charge is 2.17. The van der Waals surface area contributed by atoms with Gasteiger partial charge in [0.1, 0.15) is 5.75 Å². The third kappa shape index (κ3) is 8.02. The molecular weight excluding hydrogens is 637 g/mol.